The van der Waals surface area contributed by atoms with Crippen molar-refractivity contribution >= 4 is 5.97 Å². The van der Waals surface area contributed by atoms with E-state index in [1.54, 1.807) is 7.05 Å². The van der Waals surface area contributed by atoms with Crippen LogP contribution in [0.3, 0.4) is 0 Å². The normalized spacial score (nSPS) is 19.8. The lowest BCUT2D eigenvalue weighted by Crippen LogP contribution is -2.34. The number of nitrogens with zero attached hydrogens (tertiary/aromatic N) is 4. The van der Waals surface area contributed by atoms with Crippen LogP contribution in [0.25, 0.3) is 11.4 Å². The fraction of sp³-hybridized carbons (Fsp3) is 0.619. The van der Waals surface area contributed by atoms with E-state index in [0.29, 0.717) is 29.3 Å². The molecule has 1 fully saturated rings. The molecule has 1 aliphatic carbocycles. The van der Waals surface area contributed by atoms with Crippen LogP contribution >= 0.6 is 0 Å². The van der Waals surface area contributed by atoms with Gasteiger partial charge in [0.25, 0.3) is 0 Å². The van der Waals surface area contributed by atoms with E-state index in [2.05, 4.69) is 15.3 Å². The van der Waals surface area contributed by atoms with Crippen molar-refractivity contribution in [2.45, 2.75) is 71.7 Å². The number of esters is 1. The molecule has 2 atom stereocenters. The maximum Gasteiger partial charge on any atom is 0.309 e. The molecule has 0 spiro atoms. The first-order chi connectivity index (χ1) is 13.7. The van der Waals surface area contributed by atoms with Gasteiger partial charge in [0.15, 0.2) is 0 Å². The quantitative estimate of drug-likeness (QED) is 0.768. The van der Waals surface area contributed by atoms with Crippen molar-refractivity contribution in [3.63, 3.8) is 0 Å². The fourth-order valence-electron chi connectivity index (χ4n) is 3.59. The number of pyridine rings is 1. The van der Waals surface area contributed by atoms with Gasteiger partial charge in [0.2, 0.25) is 0 Å². The second-order valence-electron chi connectivity index (χ2n) is 8.58. The molecule has 0 aromatic carbocycles. The summed E-state index contributed by atoms with van der Waals surface area (Å²) < 4.78 is 13.3. The standard InChI is InChI=1S/C21H30N4O4/c1-13-18(10-9-16(22-13)19-17(12-26)25(5)24-23-19)28-15-8-6-7-14(11-15)20(27)29-21(2,3)4/h9-10,14-15,26H,6-8,11-12H2,1-5H3/t14-,15-/m0/s1. The summed E-state index contributed by atoms with van der Waals surface area (Å²) >= 11 is 0. The summed E-state index contributed by atoms with van der Waals surface area (Å²) in [5, 5.41) is 17.6. The molecule has 0 radical (unpaired) electrons. The van der Waals surface area contributed by atoms with E-state index in [4.69, 9.17) is 9.47 Å². The number of hydrogen-bond acceptors (Lipinski definition) is 7. The lowest BCUT2D eigenvalue weighted by atomic mass is 9.87. The summed E-state index contributed by atoms with van der Waals surface area (Å²) in [5.74, 6) is 0.417. The first-order valence-corrected chi connectivity index (χ1v) is 10.0. The molecule has 3 rings (SSSR count). The van der Waals surface area contributed by atoms with Crippen molar-refractivity contribution in [3.8, 4) is 17.1 Å². The van der Waals surface area contributed by atoms with Crippen LogP contribution in [0.4, 0.5) is 0 Å². The summed E-state index contributed by atoms with van der Waals surface area (Å²) in [6.07, 6.45) is 3.27. The van der Waals surface area contributed by atoms with E-state index in [0.717, 1.165) is 25.0 Å². The zero-order chi connectivity index (χ0) is 21.2. The number of aryl methyl sites for hydroxylation is 2. The number of carbonyl (C=O) groups excluding carboxylic acids is 1. The summed E-state index contributed by atoms with van der Waals surface area (Å²) in [5.41, 5.74) is 2.07. The monoisotopic (exact) mass is 402 g/mol. The Morgan fingerprint density at radius 2 is 2.07 bits per heavy atom. The molecule has 2 heterocycles. The average Bonchev–Trinajstić information content (AvgIpc) is 3.03. The Bertz CT molecular complexity index is 872. The van der Waals surface area contributed by atoms with E-state index in [-0.39, 0.29) is 24.6 Å². The van der Waals surface area contributed by atoms with Gasteiger partial charge < -0.3 is 14.6 Å². The molecule has 1 aliphatic rings. The summed E-state index contributed by atoms with van der Waals surface area (Å²) in [6.45, 7) is 7.38. The average molecular weight is 402 g/mol. The molecular formula is C21H30N4O4. The molecule has 0 bridgehead atoms. The number of aromatic nitrogens is 4. The highest BCUT2D eigenvalue weighted by Gasteiger charge is 2.32. The van der Waals surface area contributed by atoms with Gasteiger partial charge in [0.05, 0.1) is 35.7 Å². The highest BCUT2D eigenvalue weighted by Crippen LogP contribution is 2.31. The molecule has 29 heavy (non-hydrogen) atoms. The van der Waals surface area contributed by atoms with Gasteiger partial charge in [-0.15, -0.1) is 5.10 Å². The second-order valence-corrected chi connectivity index (χ2v) is 8.58. The van der Waals surface area contributed by atoms with Gasteiger partial charge in [-0.05, 0) is 65.5 Å². The van der Waals surface area contributed by atoms with E-state index in [1.165, 1.54) is 4.68 Å². The van der Waals surface area contributed by atoms with Gasteiger partial charge in [-0.2, -0.15) is 0 Å². The molecule has 2 aromatic heterocycles. The molecule has 0 amide bonds. The van der Waals surface area contributed by atoms with Gasteiger partial charge in [-0.3, -0.25) is 4.79 Å². The number of rotatable bonds is 5. The predicted molar refractivity (Wildman–Crippen MR) is 107 cm³/mol. The molecule has 1 N–H and O–H groups in total. The van der Waals surface area contributed by atoms with Crippen molar-refractivity contribution in [3.05, 3.63) is 23.5 Å². The van der Waals surface area contributed by atoms with Crippen LogP contribution in [-0.4, -0.2) is 42.8 Å². The minimum atomic E-state index is -0.477. The third kappa shape index (κ3) is 5.12. The number of aliphatic hydroxyl groups is 1. The second kappa shape index (κ2) is 8.49. The van der Waals surface area contributed by atoms with E-state index >= 15 is 0 Å². The number of carbonyl (C=O) groups is 1. The van der Waals surface area contributed by atoms with Crippen molar-refractivity contribution in [2.75, 3.05) is 0 Å². The first kappa shape index (κ1) is 21.2. The Balaban J connectivity index is 1.69. The lowest BCUT2D eigenvalue weighted by Gasteiger charge is -2.30. The van der Waals surface area contributed by atoms with Gasteiger partial charge in [-0.1, -0.05) is 5.21 Å². The van der Waals surface area contributed by atoms with Gasteiger partial charge in [0, 0.05) is 7.05 Å². The minimum absolute atomic E-state index is 0.0443. The highest BCUT2D eigenvalue weighted by molar-refractivity contribution is 5.73. The van der Waals surface area contributed by atoms with Crippen LogP contribution in [0, 0.1) is 12.8 Å². The SMILES string of the molecule is Cc1nc(-c2nnn(C)c2CO)ccc1O[C@H]1CCC[C@H](C(=O)OC(C)(C)C)C1. The van der Waals surface area contributed by atoms with Crippen molar-refractivity contribution in [2.24, 2.45) is 13.0 Å². The van der Waals surface area contributed by atoms with Gasteiger partial charge >= 0.3 is 5.97 Å². The lowest BCUT2D eigenvalue weighted by molar-refractivity contribution is -0.162. The molecule has 8 nitrogen and oxygen atoms in total. The zero-order valence-corrected chi connectivity index (χ0v) is 17.8. The van der Waals surface area contributed by atoms with Crippen molar-refractivity contribution in [1.82, 2.24) is 20.0 Å². The Hall–Kier alpha value is -2.48. The van der Waals surface area contributed by atoms with Crippen LogP contribution in [-0.2, 0) is 23.2 Å². The number of aliphatic hydroxyl groups excluding tert-OH is 1. The van der Waals surface area contributed by atoms with Gasteiger partial charge in [0.1, 0.15) is 17.0 Å². The van der Waals surface area contributed by atoms with Crippen LogP contribution in [0.1, 0.15) is 57.8 Å². The van der Waals surface area contributed by atoms with Gasteiger partial charge in [-0.25, -0.2) is 9.67 Å². The molecule has 1 saturated carbocycles. The Labute approximate surface area is 171 Å². The number of ether oxygens (including phenoxy) is 2. The smallest absolute Gasteiger partial charge is 0.309 e. The minimum Gasteiger partial charge on any atom is -0.489 e. The molecule has 158 valence electrons. The summed E-state index contributed by atoms with van der Waals surface area (Å²) in [4.78, 5) is 17.0. The molecule has 0 unspecified atom stereocenters. The molecule has 0 aliphatic heterocycles. The summed E-state index contributed by atoms with van der Waals surface area (Å²) in [7, 11) is 1.73. The molecule has 0 saturated heterocycles. The summed E-state index contributed by atoms with van der Waals surface area (Å²) in [6, 6.07) is 3.68. The van der Waals surface area contributed by atoms with Crippen molar-refractivity contribution in [1.29, 1.82) is 0 Å². The molecular weight excluding hydrogens is 372 g/mol. The third-order valence-electron chi connectivity index (χ3n) is 5.03. The van der Waals surface area contributed by atoms with Crippen LogP contribution in [0.5, 0.6) is 5.75 Å². The van der Waals surface area contributed by atoms with E-state index in [1.807, 2.05) is 39.8 Å². The Morgan fingerprint density at radius 3 is 2.72 bits per heavy atom. The van der Waals surface area contributed by atoms with Crippen LogP contribution in [0.15, 0.2) is 12.1 Å². The molecule has 8 heteroatoms. The maximum absolute atomic E-state index is 12.4. The number of hydrogen-bond donors (Lipinski definition) is 1. The Kier molecular flexibility index (Phi) is 6.21. The van der Waals surface area contributed by atoms with Crippen molar-refractivity contribution < 1.29 is 19.4 Å². The predicted octanol–water partition coefficient (Wildman–Crippen LogP) is 2.96. The largest absolute Gasteiger partial charge is 0.489 e. The topological polar surface area (TPSA) is 99.4 Å². The van der Waals surface area contributed by atoms with Crippen LogP contribution < -0.4 is 4.74 Å². The maximum atomic E-state index is 12.4. The van der Waals surface area contributed by atoms with Crippen LogP contribution in [0.2, 0.25) is 0 Å². The highest BCUT2D eigenvalue weighted by atomic mass is 16.6. The zero-order valence-electron chi connectivity index (χ0n) is 17.8. The van der Waals surface area contributed by atoms with E-state index < -0.39 is 5.60 Å². The van der Waals surface area contributed by atoms with E-state index in [9.17, 15) is 9.90 Å². The third-order valence-corrected chi connectivity index (χ3v) is 5.03. The first-order valence-electron chi connectivity index (χ1n) is 10.0. The Morgan fingerprint density at radius 1 is 1.31 bits per heavy atom. The fourth-order valence-corrected chi connectivity index (χ4v) is 3.59. The molecule has 2 aromatic rings.